The van der Waals surface area contributed by atoms with Crippen LogP contribution in [0.25, 0.3) is 0 Å². The van der Waals surface area contributed by atoms with Gasteiger partial charge in [0.15, 0.2) is 0 Å². The van der Waals surface area contributed by atoms with Gasteiger partial charge in [0.2, 0.25) is 0 Å². The second-order valence-corrected chi connectivity index (χ2v) is 3.70. The number of methoxy groups -OCH3 is 1. The van der Waals surface area contributed by atoms with E-state index >= 15 is 0 Å². The zero-order chi connectivity index (χ0) is 10.2. The van der Waals surface area contributed by atoms with E-state index in [2.05, 4.69) is 0 Å². The molecule has 0 N–H and O–H groups in total. The SMILES string of the molecule is [B]c1ccc(C2(C(=O)OC)CC2)cc1. The standard InChI is InChI=1S/C11H11BO2/c1-14-10(13)11(6-7-11)8-2-4-9(12)5-3-8/h2-5H,6-7H2,1H3. The maximum absolute atomic E-state index is 11.5. The minimum Gasteiger partial charge on any atom is -0.468 e. The molecule has 0 heterocycles. The normalized spacial score (nSPS) is 17.5. The monoisotopic (exact) mass is 186 g/mol. The van der Waals surface area contributed by atoms with Crippen LogP contribution in [0.3, 0.4) is 0 Å². The second-order valence-electron chi connectivity index (χ2n) is 3.70. The topological polar surface area (TPSA) is 26.3 Å². The van der Waals surface area contributed by atoms with Crippen molar-refractivity contribution in [3.05, 3.63) is 29.8 Å². The van der Waals surface area contributed by atoms with Gasteiger partial charge in [-0.3, -0.25) is 4.79 Å². The van der Waals surface area contributed by atoms with Crippen molar-refractivity contribution in [2.75, 3.05) is 7.11 Å². The molecule has 1 aromatic rings. The fourth-order valence-electron chi connectivity index (χ4n) is 1.73. The van der Waals surface area contributed by atoms with Crippen LogP contribution in [0.4, 0.5) is 0 Å². The highest BCUT2D eigenvalue weighted by molar-refractivity contribution is 6.32. The molecule has 3 heteroatoms. The minimum atomic E-state index is -0.373. The number of carbonyl (C=O) groups excluding carboxylic acids is 1. The average Bonchev–Trinajstić information content (AvgIpc) is 2.99. The first-order chi connectivity index (χ1) is 6.69. The fraction of sp³-hybridized carbons (Fsp3) is 0.364. The van der Waals surface area contributed by atoms with Gasteiger partial charge in [0.25, 0.3) is 0 Å². The van der Waals surface area contributed by atoms with E-state index in [0.717, 1.165) is 23.9 Å². The Morgan fingerprint density at radius 1 is 1.36 bits per heavy atom. The van der Waals surface area contributed by atoms with Crippen LogP contribution in [0.15, 0.2) is 24.3 Å². The van der Waals surface area contributed by atoms with Crippen molar-refractivity contribution in [2.24, 2.45) is 0 Å². The molecule has 14 heavy (non-hydrogen) atoms. The van der Waals surface area contributed by atoms with Crippen LogP contribution in [-0.2, 0) is 14.9 Å². The van der Waals surface area contributed by atoms with Gasteiger partial charge in [-0.1, -0.05) is 29.7 Å². The van der Waals surface area contributed by atoms with Crippen LogP contribution < -0.4 is 5.46 Å². The number of carbonyl (C=O) groups is 1. The summed E-state index contributed by atoms with van der Waals surface area (Å²) in [7, 11) is 7.01. The highest BCUT2D eigenvalue weighted by Gasteiger charge is 2.52. The molecule has 0 aliphatic heterocycles. The zero-order valence-corrected chi connectivity index (χ0v) is 8.12. The number of hydrogen-bond acceptors (Lipinski definition) is 2. The number of hydrogen-bond donors (Lipinski definition) is 0. The van der Waals surface area contributed by atoms with E-state index in [0.29, 0.717) is 0 Å². The molecule has 2 radical (unpaired) electrons. The van der Waals surface area contributed by atoms with Gasteiger partial charge in [0.1, 0.15) is 7.85 Å². The summed E-state index contributed by atoms with van der Waals surface area (Å²) in [5.74, 6) is -0.137. The van der Waals surface area contributed by atoms with E-state index in [9.17, 15) is 4.79 Å². The summed E-state index contributed by atoms with van der Waals surface area (Å²) in [5.41, 5.74) is 1.36. The van der Waals surface area contributed by atoms with Gasteiger partial charge in [-0.25, -0.2) is 0 Å². The highest BCUT2D eigenvalue weighted by Crippen LogP contribution is 2.48. The van der Waals surface area contributed by atoms with E-state index in [1.165, 1.54) is 7.11 Å². The van der Waals surface area contributed by atoms with E-state index in [1.54, 1.807) is 0 Å². The third-order valence-corrected chi connectivity index (χ3v) is 2.79. The maximum atomic E-state index is 11.5. The van der Waals surface area contributed by atoms with Crippen LogP contribution in [0, 0.1) is 0 Å². The Kier molecular flexibility index (Phi) is 2.10. The lowest BCUT2D eigenvalue weighted by Crippen LogP contribution is -2.22. The molecular formula is C11H11BO2. The summed E-state index contributed by atoms with van der Waals surface area (Å²) in [6, 6.07) is 7.44. The van der Waals surface area contributed by atoms with Gasteiger partial charge >= 0.3 is 5.97 Å². The Labute approximate surface area is 84.7 Å². The van der Waals surface area contributed by atoms with Gasteiger partial charge in [-0.15, -0.1) is 0 Å². The summed E-state index contributed by atoms with van der Waals surface area (Å²) >= 11 is 0. The summed E-state index contributed by atoms with van der Waals surface area (Å²) in [6.07, 6.45) is 1.76. The molecule has 2 rings (SSSR count). The van der Waals surface area contributed by atoms with Crippen molar-refractivity contribution >= 4 is 19.3 Å². The second kappa shape index (κ2) is 3.16. The molecule has 0 amide bonds. The Balaban J connectivity index is 2.31. The lowest BCUT2D eigenvalue weighted by molar-refractivity contribution is -0.143. The van der Waals surface area contributed by atoms with Gasteiger partial charge in [0.05, 0.1) is 12.5 Å². The van der Waals surface area contributed by atoms with Crippen LogP contribution >= 0.6 is 0 Å². The molecule has 1 aromatic carbocycles. The quantitative estimate of drug-likeness (QED) is 0.501. The molecule has 0 spiro atoms. The summed E-state index contributed by atoms with van der Waals surface area (Å²) in [6.45, 7) is 0. The smallest absolute Gasteiger partial charge is 0.316 e. The number of rotatable bonds is 2. The predicted octanol–water partition coefficient (Wildman–Crippen LogP) is 0.685. The number of ether oxygens (including phenoxy) is 1. The molecule has 0 atom stereocenters. The van der Waals surface area contributed by atoms with Gasteiger partial charge < -0.3 is 4.74 Å². The number of esters is 1. The van der Waals surface area contributed by atoms with E-state index in [1.807, 2.05) is 24.3 Å². The molecule has 0 saturated heterocycles. The lowest BCUT2D eigenvalue weighted by Gasteiger charge is -2.12. The average molecular weight is 186 g/mol. The summed E-state index contributed by atoms with van der Waals surface area (Å²) in [5, 5.41) is 0. The molecule has 0 aromatic heterocycles. The third-order valence-electron chi connectivity index (χ3n) is 2.79. The van der Waals surface area contributed by atoms with Crippen molar-refractivity contribution in [1.82, 2.24) is 0 Å². The van der Waals surface area contributed by atoms with E-state index in [4.69, 9.17) is 12.6 Å². The first-order valence-corrected chi connectivity index (χ1v) is 4.63. The van der Waals surface area contributed by atoms with Crippen LogP contribution in [0.1, 0.15) is 18.4 Å². The fourth-order valence-corrected chi connectivity index (χ4v) is 1.73. The van der Waals surface area contributed by atoms with E-state index in [-0.39, 0.29) is 11.4 Å². The predicted molar refractivity (Wildman–Crippen MR) is 54.8 cm³/mol. The van der Waals surface area contributed by atoms with Crippen molar-refractivity contribution in [3.8, 4) is 0 Å². The van der Waals surface area contributed by atoms with Gasteiger partial charge in [-0.05, 0) is 18.4 Å². The third kappa shape index (κ3) is 1.33. The van der Waals surface area contributed by atoms with E-state index < -0.39 is 0 Å². The Morgan fingerprint density at radius 3 is 2.36 bits per heavy atom. The van der Waals surface area contributed by atoms with Crippen molar-refractivity contribution in [2.45, 2.75) is 18.3 Å². The zero-order valence-electron chi connectivity index (χ0n) is 8.12. The Bertz CT molecular complexity index is 352. The lowest BCUT2D eigenvalue weighted by atomic mass is 9.90. The summed E-state index contributed by atoms with van der Waals surface area (Å²) < 4.78 is 4.79. The molecular weight excluding hydrogens is 175 g/mol. The van der Waals surface area contributed by atoms with Crippen molar-refractivity contribution in [1.29, 1.82) is 0 Å². The first kappa shape index (κ1) is 9.32. The van der Waals surface area contributed by atoms with Gasteiger partial charge in [0, 0.05) is 0 Å². The molecule has 0 bridgehead atoms. The molecule has 1 aliphatic rings. The van der Waals surface area contributed by atoms with Crippen LogP contribution in [0.2, 0.25) is 0 Å². The maximum Gasteiger partial charge on any atom is 0.316 e. The molecule has 1 fully saturated rings. The van der Waals surface area contributed by atoms with Gasteiger partial charge in [-0.2, -0.15) is 0 Å². The molecule has 1 aliphatic carbocycles. The molecule has 70 valence electrons. The molecule has 1 saturated carbocycles. The van der Waals surface area contributed by atoms with Crippen LogP contribution in [-0.4, -0.2) is 20.9 Å². The highest BCUT2D eigenvalue weighted by atomic mass is 16.5. The molecule has 0 unspecified atom stereocenters. The van der Waals surface area contributed by atoms with Crippen molar-refractivity contribution in [3.63, 3.8) is 0 Å². The molecule has 2 nitrogen and oxygen atoms in total. The van der Waals surface area contributed by atoms with Crippen molar-refractivity contribution < 1.29 is 9.53 Å². The Morgan fingerprint density at radius 2 is 1.93 bits per heavy atom. The number of benzene rings is 1. The summed E-state index contributed by atoms with van der Waals surface area (Å²) in [4.78, 5) is 11.5. The largest absolute Gasteiger partial charge is 0.468 e. The van der Waals surface area contributed by atoms with Crippen LogP contribution in [0.5, 0.6) is 0 Å². The minimum absolute atomic E-state index is 0.137. The first-order valence-electron chi connectivity index (χ1n) is 4.63. The Hall–Kier alpha value is -1.25.